The van der Waals surface area contributed by atoms with E-state index < -0.39 is 97.5 Å². The van der Waals surface area contributed by atoms with Crippen molar-refractivity contribution < 1.29 is 80.2 Å². The molecule has 0 fully saturated rings. The van der Waals surface area contributed by atoms with Gasteiger partial charge < -0.3 is 33.8 Å². The first-order chi connectivity index (χ1) is 49.9. The Bertz CT molecular complexity index is 1980. The molecule has 0 radical (unpaired) electrons. The van der Waals surface area contributed by atoms with Crippen LogP contribution in [0.2, 0.25) is 0 Å². The van der Waals surface area contributed by atoms with Crippen LogP contribution in [0.3, 0.4) is 0 Å². The van der Waals surface area contributed by atoms with Crippen LogP contribution in [0.4, 0.5) is 0 Å². The quantitative estimate of drug-likeness (QED) is 0.0222. The molecule has 2 unspecified atom stereocenters. The van der Waals surface area contributed by atoms with Crippen molar-refractivity contribution in [3.05, 3.63) is 0 Å². The van der Waals surface area contributed by atoms with Gasteiger partial charge in [0.05, 0.1) is 26.4 Å². The normalized spacial score (nSPS) is 13.9. The third kappa shape index (κ3) is 78.0. The van der Waals surface area contributed by atoms with Crippen LogP contribution in [-0.2, 0) is 65.4 Å². The first-order valence-corrected chi connectivity index (χ1v) is 46.5. The number of ether oxygens (including phenoxy) is 4. The number of carbonyl (C=O) groups is 4. The Morgan fingerprint density at radius 2 is 0.447 bits per heavy atom. The van der Waals surface area contributed by atoms with E-state index in [1.54, 1.807) is 0 Å². The monoisotopic (exact) mass is 1510 g/mol. The predicted molar refractivity (Wildman–Crippen MR) is 423 cm³/mol. The summed E-state index contributed by atoms with van der Waals surface area (Å²) in [5.41, 5.74) is 0. The molecule has 0 saturated heterocycles. The fourth-order valence-corrected chi connectivity index (χ4v) is 14.6. The number of phosphoric ester groups is 2. The SMILES string of the molecule is CCCCCCCCCCCCCCCCCCCCCCCCC(=O)O[C@H](COC(=O)CCCCCCCCCCCCCCCCCCC(C)C)COP(=O)(O)OC[C@@H](O)COP(=O)(O)OC[C@@H](COC(=O)CCCCCCCCCCCCC)OC(=O)CCCCCCCCCCC(C)C. The zero-order valence-electron chi connectivity index (χ0n) is 67.6. The fourth-order valence-electron chi connectivity index (χ4n) is 13.1. The first kappa shape index (κ1) is 101. The lowest BCUT2D eigenvalue weighted by molar-refractivity contribution is -0.161. The summed E-state index contributed by atoms with van der Waals surface area (Å²) in [6.07, 6.45) is 66.8. The van der Waals surface area contributed by atoms with Gasteiger partial charge in [0.2, 0.25) is 0 Å². The molecule has 3 N–H and O–H groups in total. The summed E-state index contributed by atoms with van der Waals surface area (Å²) in [6.45, 7) is 9.63. The summed E-state index contributed by atoms with van der Waals surface area (Å²) in [6, 6.07) is 0. The van der Waals surface area contributed by atoms with E-state index >= 15 is 0 Å². The number of rotatable bonds is 83. The zero-order chi connectivity index (χ0) is 75.6. The van der Waals surface area contributed by atoms with Gasteiger partial charge in [-0.25, -0.2) is 9.13 Å². The maximum atomic E-state index is 13.1. The third-order valence-electron chi connectivity index (χ3n) is 19.7. The minimum atomic E-state index is -4.96. The highest BCUT2D eigenvalue weighted by atomic mass is 31.2. The number of hydrogen-bond acceptors (Lipinski definition) is 15. The lowest BCUT2D eigenvalue weighted by Gasteiger charge is -2.21. The number of aliphatic hydroxyl groups excluding tert-OH is 1. The highest BCUT2D eigenvalue weighted by molar-refractivity contribution is 7.47. The van der Waals surface area contributed by atoms with Crippen LogP contribution in [0.25, 0.3) is 0 Å². The zero-order valence-corrected chi connectivity index (χ0v) is 69.4. The fraction of sp³-hybridized carbons (Fsp3) is 0.952. The van der Waals surface area contributed by atoms with Gasteiger partial charge in [0, 0.05) is 25.7 Å². The van der Waals surface area contributed by atoms with Crippen LogP contribution in [0, 0.1) is 11.8 Å². The van der Waals surface area contributed by atoms with Crippen molar-refractivity contribution in [2.24, 2.45) is 11.8 Å². The van der Waals surface area contributed by atoms with Crippen molar-refractivity contribution in [2.75, 3.05) is 39.6 Å². The molecule has 612 valence electrons. The Morgan fingerprint density at radius 3 is 0.660 bits per heavy atom. The molecule has 0 aromatic rings. The summed E-state index contributed by atoms with van der Waals surface area (Å²) in [5, 5.41) is 10.7. The second-order valence-corrected chi connectivity index (χ2v) is 34.1. The van der Waals surface area contributed by atoms with Gasteiger partial charge in [0.25, 0.3) is 0 Å². The molecule has 0 spiro atoms. The molecule has 0 aromatic heterocycles. The van der Waals surface area contributed by atoms with Crippen molar-refractivity contribution >= 4 is 39.5 Å². The molecule has 0 saturated carbocycles. The van der Waals surface area contributed by atoms with Crippen molar-refractivity contribution in [3.63, 3.8) is 0 Å². The number of aliphatic hydroxyl groups is 1. The first-order valence-electron chi connectivity index (χ1n) is 43.5. The molecular weight excluding hydrogens is 1340 g/mol. The minimum Gasteiger partial charge on any atom is -0.462 e. The second kappa shape index (κ2) is 75.5. The Labute approximate surface area is 632 Å². The van der Waals surface area contributed by atoms with E-state index in [-0.39, 0.29) is 25.7 Å². The van der Waals surface area contributed by atoms with E-state index in [0.717, 1.165) is 102 Å². The van der Waals surface area contributed by atoms with Gasteiger partial charge in [-0.05, 0) is 37.5 Å². The van der Waals surface area contributed by atoms with E-state index in [1.807, 2.05) is 0 Å². The van der Waals surface area contributed by atoms with Gasteiger partial charge in [-0.2, -0.15) is 0 Å². The Kier molecular flexibility index (Phi) is 74.1. The van der Waals surface area contributed by atoms with E-state index in [1.165, 1.54) is 263 Å². The number of carbonyl (C=O) groups excluding carboxylic acids is 4. The molecule has 0 aliphatic rings. The van der Waals surface area contributed by atoms with Crippen molar-refractivity contribution in [1.82, 2.24) is 0 Å². The summed E-state index contributed by atoms with van der Waals surface area (Å²) >= 11 is 0. The Hall–Kier alpha value is -1.94. The maximum Gasteiger partial charge on any atom is 0.472 e. The summed E-state index contributed by atoms with van der Waals surface area (Å²) in [7, 11) is -9.92. The molecule has 0 aromatic carbocycles. The van der Waals surface area contributed by atoms with Crippen molar-refractivity contribution in [1.29, 1.82) is 0 Å². The predicted octanol–water partition coefficient (Wildman–Crippen LogP) is 25.5. The van der Waals surface area contributed by atoms with Gasteiger partial charge in [0.15, 0.2) is 12.2 Å². The Balaban J connectivity index is 5.20. The van der Waals surface area contributed by atoms with Crippen LogP contribution < -0.4 is 0 Å². The van der Waals surface area contributed by atoms with Gasteiger partial charge >= 0.3 is 39.5 Å². The van der Waals surface area contributed by atoms with Crippen LogP contribution in [0.1, 0.15) is 446 Å². The number of hydrogen-bond donors (Lipinski definition) is 3. The molecule has 0 amide bonds. The van der Waals surface area contributed by atoms with Gasteiger partial charge in [-0.1, -0.05) is 395 Å². The number of phosphoric acid groups is 2. The van der Waals surface area contributed by atoms with Gasteiger partial charge in [0.1, 0.15) is 19.3 Å². The molecule has 103 heavy (non-hydrogen) atoms. The van der Waals surface area contributed by atoms with E-state index in [2.05, 4.69) is 41.5 Å². The molecule has 0 aliphatic heterocycles. The van der Waals surface area contributed by atoms with Crippen LogP contribution in [0.15, 0.2) is 0 Å². The summed E-state index contributed by atoms with van der Waals surface area (Å²) in [4.78, 5) is 73.1. The topological polar surface area (TPSA) is 237 Å². The smallest absolute Gasteiger partial charge is 0.462 e. The maximum absolute atomic E-state index is 13.1. The van der Waals surface area contributed by atoms with E-state index in [9.17, 15) is 43.2 Å². The molecule has 5 atom stereocenters. The molecule has 0 rings (SSSR count). The molecule has 19 heteroatoms. The van der Waals surface area contributed by atoms with Crippen molar-refractivity contribution in [3.8, 4) is 0 Å². The van der Waals surface area contributed by atoms with E-state index in [4.69, 9.17) is 37.0 Å². The van der Waals surface area contributed by atoms with E-state index in [0.29, 0.717) is 25.7 Å². The van der Waals surface area contributed by atoms with Gasteiger partial charge in [-0.15, -0.1) is 0 Å². The average molecular weight is 1510 g/mol. The highest BCUT2D eigenvalue weighted by Gasteiger charge is 2.30. The molecular formula is C84H164O17P2. The molecule has 0 heterocycles. The lowest BCUT2D eigenvalue weighted by atomic mass is 10.0. The summed E-state index contributed by atoms with van der Waals surface area (Å²) in [5.74, 6) is -0.577. The Morgan fingerprint density at radius 1 is 0.262 bits per heavy atom. The molecule has 17 nitrogen and oxygen atoms in total. The van der Waals surface area contributed by atoms with Crippen LogP contribution in [-0.4, -0.2) is 96.7 Å². The molecule has 0 bridgehead atoms. The minimum absolute atomic E-state index is 0.105. The van der Waals surface area contributed by atoms with Crippen LogP contribution >= 0.6 is 15.6 Å². The van der Waals surface area contributed by atoms with Gasteiger partial charge in [-0.3, -0.25) is 37.3 Å². The highest BCUT2D eigenvalue weighted by Crippen LogP contribution is 2.45. The largest absolute Gasteiger partial charge is 0.472 e. The number of esters is 4. The van der Waals surface area contributed by atoms with Crippen LogP contribution in [0.5, 0.6) is 0 Å². The van der Waals surface area contributed by atoms with Crippen molar-refractivity contribution in [2.45, 2.75) is 464 Å². The second-order valence-electron chi connectivity index (χ2n) is 31.2. The third-order valence-corrected chi connectivity index (χ3v) is 21.6. The average Bonchev–Trinajstić information content (AvgIpc) is 0.907. The summed E-state index contributed by atoms with van der Waals surface area (Å²) < 4.78 is 68.8. The number of unbranched alkanes of at least 4 members (excludes halogenated alkanes) is 53. The lowest BCUT2D eigenvalue weighted by Crippen LogP contribution is -2.30. The standard InChI is InChI=1S/C84H164O17P2/c1-7-9-11-13-15-17-19-20-21-22-23-24-25-26-27-32-35-39-43-50-56-62-68-83(88)100-79(72-95-82(87)67-61-55-49-42-38-34-31-29-28-30-33-37-40-46-52-58-64-76(3)4)74-98-102(90,91)96-70-78(85)71-97-103(92,93)99-75-80(101-84(89)69-63-57-51-45-44-47-53-59-65-77(5)6)73-94-81(86)66-60-54-48-41-36-18-16-14-12-10-8-2/h76-80,85H,7-75H2,1-6H3,(H,90,91)(H,92,93)/t78-,79-,80-/m1/s1. The molecule has 0 aliphatic carbocycles.